The first-order valence-corrected chi connectivity index (χ1v) is 25.3. The van der Waals surface area contributed by atoms with Gasteiger partial charge in [-0.05, 0) is 119 Å². The maximum Gasteiger partial charge on any atom is 0.320 e. The Hall–Kier alpha value is -6.96. The number of likely N-dealkylation sites (tertiary alicyclic amines) is 2. The van der Waals surface area contributed by atoms with Crippen molar-refractivity contribution in [3.8, 4) is 22.8 Å². The van der Waals surface area contributed by atoms with Gasteiger partial charge in [0.05, 0.1) is 22.2 Å². The number of para-hydroxylation sites is 1. The lowest BCUT2D eigenvalue weighted by atomic mass is 10.00. The van der Waals surface area contributed by atoms with Crippen LogP contribution in [0.2, 0.25) is 0 Å². The number of nitrogens with one attached hydrogen (secondary N) is 2. The number of aromatic amines is 1. The highest BCUT2D eigenvalue weighted by Crippen LogP contribution is 2.33. The molecule has 0 saturated carbocycles. The molecule has 5 fully saturated rings. The highest BCUT2D eigenvalue weighted by Gasteiger charge is 2.45. The summed E-state index contributed by atoms with van der Waals surface area (Å²) < 4.78 is 5.79. The quantitative estimate of drug-likeness (QED) is 0.163. The maximum absolute atomic E-state index is 13.2. The van der Waals surface area contributed by atoms with Gasteiger partial charge in [0.2, 0.25) is 11.8 Å². The lowest BCUT2D eigenvalue weighted by molar-refractivity contribution is -0.136. The lowest BCUT2D eigenvalue weighted by Gasteiger charge is -2.43. The molecule has 3 aromatic carbocycles. The second-order valence-electron chi connectivity index (χ2n) is 19.3. The van der Waals surface area contributed by atoms with E-state index in [4.69, 9.17) is 10.5 Å². The summed E-state index contributed by atoms with van der Waals surface area (Å²) in [6, 6.07) is 22.6. The number of rotatable bonds is 10. The number of piperidine rings is 3. The van der Waals surface area contributed by atoms with E-state index in [0.717, 1.165) is 137 Å². The molecule has 6 amide bonds. The minimum absolute atomic E-state index is 0.106. The molecule has 0 spiro atoms. The first-order valence-electron chi connectivity index (χ1n) is 25.3. The number of benzene rings is 3. The topological polar surface area (TPSA) is 210 Å². The van der Waals surface area contributed by atoms with Gasteiger partial charge in [0.25, 0.3) is 11.8 Å². The van der Waals surface area contributed by atoms with Crippen LogP contribution in [-0.4, -0.2) is 183 Å². The number of imide groups is 2. The fourth-order valence-electron chi connectivity index (χ4n) is 10.9. The Morgan fingerprint density at radius 2 is 1.35 bits per heavy atom. The normalized spacial score (nSPS) is 20.8. The van der Waals surface area contributed by atoms with Crippen LogP contribution in [0.3, 0.4) is 0 Å². The van der Waals surface area contributed by atoms with Crippen LogP contribution in [0, 0.1) is 0 Å². The van der Waals surface area contributed by atoms with Crippen LogP contribution in [0.1, 0.15) is 72.1 Å². The molecule has 372 valence electrons. The number of carbonyl (C=O) groups is 5. The van der Waals surface area contributed by atoms with Crippen LogP contribution in [0.25, 0.3) is 22.3 Å². The Labute approximate surface area is 413 Å². The van der Waals surface area contributed by atoms with Gasteiger partial charge in [-0.2, -0.15) is 5.10 Å². The molecule has 6 aliphatic rings. The molecular formula is C52H63N13O6. The first-order chi connectivity index (χ1) is 34.7. The van der Waals surface area contributed by atoms with E-state index in [-0.39, 0.29) is 24.8 Å². The largest absolute Gasteiger partial charge is 0.457 e. The second-order valence-corrected chi connectivity index (χ2v) is 19.3. The second kappa shape index (κ2) is 21.6. The molecule has 0 aliphatic carbocycles. The van der Waals surface area contributed by atoms with Crippen molar-refractivity contribution >= 4 is 52.2 Å². The predicted molar refractivity (Wildman–Crippen MR) is 268 cm³/mol. The molecule has 71 heavy (non-hydrogen) atoms. The summed E-state index contributed by atoms with van der Waals surface area (Å²) >= 11 is 0. The van der Waals surface area contributed by atoms with Crippen molar-refractivity contribution in [1.29, 1.82) is 0 Å². The van der Waals surface area contributed by atoms with Crippen molar-refractivity contribution in [2.75, 3.05) is 102 Å². The van der Waals surface area contributed by atoms with E-state index in [1.165, 1.54) is 38.7 Å². The molecule has 4 N–H and O–H groups in total. The van der Waals surface area contributed by atoms with Crippen LogP contribution in [0.5, 0.6) is 11.5 Å². The van der Waals surface area contributed by atoms with Crippen molar-refractivity contribution in [3.63, 3.8) is 0 Å². The molecule has 11 rings (SSSR count). The van der Waals surface area contributed by atoms with Crippen molar-refractivity contribution in [3.05, 3.63) is 90.3 Å². The summed E-state index contributed by atoms with van der Waals surface area (Å²) in [5.41, 5.74) is 9.76. The number of urea groups is 1. The molecule has 0 bridgehead atoms. The van der Waals surface area contributed by atoms with Crippen LogP contribution in [0.15, 0.2) is 79.1 Å². The highest BCUT2D eigenvalue weighted by molar-refractivity contribution is 6.23. The fourth-order valence-corrected chi connectivity index (χ4v) is 10.9. The van der Waals surface area contributed by atoms with E-state index in [0.29, 0.717) is 28.6 Å². The zero-order chi connectivity index (χ0) is 48.8. The van der Waals surface area contributed by atoms with Crippen LogP contribution in [0.4, 0.5) is 16.3 Å². The molecule has 19 heteroatoms. The summed E-state index contributed by atoms with van der Waals surface area (Å²) in [6.45, 7) is 13.3. The summed E-state index contributed by atoms with van der Waals surface area (Å²) in [5, 5.41) is 10.1. The van der Waals surface area contributed by atoms with E-state index in [1.807, 2.05) is 60.7 Å². The van der Waals surface area contributed by atoms with Gasteiger partial charge in [0.15, 0.2) is 5.65 Å². The first kappa shape index (κ1) is 47.7. The van der Waals surface area contributed by atoms with E-state index in [1.54, 1.807) is 12.1 Å². The van der Waals surface area contributed by atoms with Gasteiger partial charge in [0.1, 0.15) is 29.7 Å². The van der Waals surface area contributed by atoms with E-state index in [9.17, 15) is 24.0 Å². The van der Waals surface area contributed by atoms with Gasteiger partial charge in [-0.1, -0.05) is 24.6 Å². The van der Waals surface area contributed by atoms with Gasteiger partial charge in [-0.3, -0.25) is 44.3 Å². The van der Waals surface area contributed by atoms with Crippen molar-refractivity contribution in [1.82, 2.24) is 54.9 Å². The number of fused-ring (bicyclic) bond motifs is 2. The zero-order valence-electron chi connectivity index (χ0n) is 40.2. The molecule has 5 saturated heterocycles. The number of nitrogens with zero attached hydrogens (tertiary/aromatic N) is 10. The Balaban J connectivity index is 0.000000210. The van der Waals surface area contributed by atoms with Gasteiger partial charge < -0.3 is 30.1 Å². The number of hydrogen-bond donors (Lipinski definition) is 3. The molecule has 1 atom stereocenters. The molecule has 0 radical (unpaired) electrons. The van der Waals surface area contributed by atoms with Crippen LogP contribution in [-0.2, 0) is 9.59 Å². The van der Waals surface area contributed by atoms with Crippen molar-refractivity contribution in [2.24, 2.45) is 0 Å². The number of aromatic nitrogens is 4. The Kier molecular flexibility index (Phi) is 14.5. The van der Waals surface area contributed by atoms with Crippen LogP contribution < -0.4 is 20.7 Å². The third-order valence-corrected chi connectivity index (χ3v) is 14.9. The molecule has 8 heterocycles. The monoisotopic (exact) mass is 966 g/mol. The number of carbonyl (C=O) groups excluding carboxylic acids is 5. The summed E-state index contributed by atoms with van der Waals surface area (Å²) in [7, 11) is 0. The SMILES string of the molecule is Nc1ncnc2n[nH]c(-c3ccc(Oc4ccccc4)cc3)c12.O=C1CCC(N2C(=O)c3ccc(N4CCN(CCCN5CCN(C(=O)N6CCC(N7CCCCC7)CC6)CC5)CC4)cc3C2=O)C(=O)N1. The smallest absolute Gasteiger partial charge is 0.320 e. The van der Waals surface area contributed by atoms with Crippen molar-refractivity contribution < 1.29 is 28.7 Å². The minimum atomic E-state index is -0.953. The molecular weight excluding hydrogens is 903 g/mol. The van der Waals surface area contributed by atoms with E-state index in [2.05, 4.69) is 54.9 Å². The van der Waals surface area contributed by atoms with Crippen molar-refractivity contribution in [2.45, 2.75) is 63.5 Å². The summed E-state index contributed by atoms with van der Waals surface area (Å²) in [6.07, 6.45) is 8.97. The van der Waals surface area contributed by atoms with Crippen LogP contribution >= 0.6 is 0 Å². The Bertz CT molecular complexity index is 2710. The Morgan fingerprint density at radius 3 is 2.06 bits per heavy atom. The number of ether oxygens (including phenoxy) is 1. The number of H-pyrrole nitrogens is 1. The number of nitrogens with two attached hydrogens (primary N) is 1. The summed E-state index contributed by atoms with van der Waals surface area (Å²) in [5.74, 6) is 0.0409. The molecule has 2 aromatic heterocycles. The molecule has 5 aromatic rings. The predicted octanol–water partition coefficient (Wildman–Crippen LogP) is 4.68. The van der Waals surface area contributed by atoms with Gasteiger partial charge in [-0.25, -0.2) is 14.8 Å². The van der Waals surface area contributed by atoms with E-state index >= 15 is 0 Å². The highest BCUT2D eigenvalue weighted by atomic mass is 16.5. The fraction of sp³-hybridized carbons (Fsp3) is 0.462. The zero-order valence-corrected chi connectivity index (χ0v) is 40.2. The average Bonchev–Trinajstić information content (AvgIpc) is 3.96. The third kappa shape index (κ3) is 10.7. The number of hydrogen-bond acceptors (Lipinski definition) is 14. The van der Waals surface area contributed by atoms with E-state index < -0.39 is 23.8 Å². The van der Waals surface area contributed by atoms with Gasteiger partial charge >= 0.3 is 6.03 Å². The molecule has 1 unspecified atom stereocenters. The van der Waals surface area contributed by atoms with Gasteiger partial charge in [0, 0.05) is 89.2 Å². The minimum Gasteiger partial charge on any atom is -0.457 e. The number of anilines is 2. The van der Waals surface area contributed by atoms with Gasteiger partial charge in [-0.15, -0.1) is 0 Å². The molecule has 6 aliphatic heterocycles. The lowest BCUT2D eigenvalue weighted by Crippen LogP contribution is -2.55. The number of nitrogen functional groups attached to an aromatic ring is 1. The standard InChI is InChI=1S/C35H50N8O5.C17H13N5O/c44-31-8-7-30(32(45)36-31)43-33(46)28-6-5-27(25-29(28)34(43)47)40-21-17-37(18-22-40)11-4-12-38-19-23-42(24-20-38)35(48)41-15-9-26(10-16-41)39-13-2-1-3-14-39;18-16-14-15(21-22-17(14)20-10-19-16)11-6-8-13(9-7-11)23-12-4-2-1-3-5-12/h5-6,25-26,30H,1-4,7-24H2,(H,36,44,45);1-10H,(H3,18,19,20,21,22). The summed E-state index contributed by atoms with van der Waals surface area (Å²) in [4.78, 5) is 86.6. The Morgan fingerprint density at radius 1 is 0.690 bits per heavy atom. The molecule has 19 nitrogen and oxygen atoms in total. The number of amides is 6. The maximum atomic E-state index is 13.2. The number of piperazine rings is 2. The average molecular weight is 966 g/mol. The third-order valence-electron chi connectivity index (χ3n) is 14.9.